The summed E-state index contributed by atoms with van der Waals surface area (Å²) in [5.74, 6) is -2.12. The van der Waals surface area contributed by atoms with E-state index in [2.05, 4.69) is 16.0 Å². The Kier molecular flexibility index (Phi) is 13.1. The maximum absolute atomic E-state index is 13.0. The van der Waals surface area contributed by atoms with E-state index in [1.807, 2.05) is 20.8 Å². The summed E-state index contributed by atoms with van der Waals surface area (Å²) in [7, 11) is 0. The van der Waals surface area contributed by atoms with E-state index in [-0.39, 0.29) is 49.7 Å². The van der Waals surface area contributed by atoms with Crippen LogP contribution in [0.3, 0.4) is 0 Å². The fraction of sp³-hybridized carbons (Fsp3) is 0.786. The Hall–Kier alpha value is -3.38. The normalized spacial score (nSPS) is 15.6. The number of rotatable bonds is 12. The van der Waals surface area contributed by atoms with Crippen LogP contribution in [-0.4, -0.2) is 70.8 Å². The minimum Gasteiger partial charge on any atom is -0.460 e. The Balaban J connectivity index is 2.69. The third-order valence-electron chi connectivity index (χ3n) is 5.77. The van der Waals surface area contributed by atoms with Crippen molar-refractivity contribution in [3.8, 4) is 0 Å². The lowest BCUT2D eigenvalue weighted by Gasteiger charge is -2.32. The van der Waals surface area contributed by atoms with Crippen LogP contribution in [0.4, 0.5) is 9.59 Å². The van der Waals surface area contributed by atoms with Crippen molar-refractivity contribution in [1.29, 1.82) is 0 Å². The molecule has 0 radical (unpaired) electrons. The Morgan fingerprint density at radius 2 is 1.37 bits per heavy atom. The number of carbonyl (C=O) groups is 6. The van der Waals surface area contributed by atoms with Gasteiger partial charge in [0.1, 0.15) is 17.2 Å². The van der Waals surface area contributed by atoms with E-state index in [0.29, 0.717) is 24.3 Å². The van der Waals surface area contributed by atoms with Crippen LogP contribution in [0.25, 0.3) is 0 Å². The summed E-state index contributed by atoms with van der Waals surface area (Å²) in [5.41, 5.74) is -1.77. The van der Waals surface area contributed by atoms with Gasteiger partial charge in [0.15, 0.2) is 0 Å². The van der Waals surface area contributed by atoms with Gasteiger partial charge in [-0.15, -0.1) is 5.06 Å². The van der Waals surface area contributed by atoms with Crippen LogP contribution in [0.2, 0.25) is 0 Å². The number of esters is 2. The smallest absolute Gasteiger partial charge is 0.432 e. The first-order valence-corrected chi connectivity index (χ1v) is 14.0. The first-order valence-electron chi connectivity index (χ1n) is 14.0. The standard InChI is InChI=1S/C28H48N4O9/c1-26(2,3)19(13-16-22(35)39-27(4,5)6)31-24(37)30-18(23(36)40-28(7,8)9)12-10-11-17-29-25(38)41-32-20(33)14-15-21(32)34/h18-19H,10-17H2,1-9H3,(H,29,38)(H2,30,31,37)/t18-,19-/m0/s1. The number of hydrogen-bond donors (Lipinski definition) is 3. The van der Waals surface area contributed by atoms with Crippen LogP contribution in [0, 0.1) is 5.41 Å². The Morgan fingerprint density at radius 3 is 1.88 bits per heavy atom. The third kappa shape index (κ3) is 14.7. The Morgan fingerprint density at radius 1 is 0.805 bits per heavy atom. The molecule has 13 heteroatoms. The summed E-state index contributed by atoms with van der Waals surface area (Å²) in [4.78, 5) is 77.8. The molecule has 1 heterocycles. The minimum absolute atomic E-state index is 0.00101. The van der Waals surface area contributed by atoms with Crippen LogP contribution in [0.5, 0.6) is 0 Å². The van der Waals surface area contributed by atoms with Crippen molar-refractivity contribution in [2.24, 2.45) is 5.41 Å². The second kappa shape index (κ2) is 15.0. The van der Waals surface area contributed by atoms with Gasteiger partial charge in [-0.3, -0.25) is 14.4 Å². The molecular formula is C28H48N4O9. The third-order valence-corrected chi connectivity index (χ3v) is 5.77. The van der Waals surface area contributed by atoms with Crippen molar-refractivity contribution in [2.45, 2.75) is 131 Å². The lowest BCUT2D eigenvalue weighted by Crippen LogP contribution is -2.53. The van der Waals surface area contributed by atoms with Gasteiger partial charge in [0.05, 0.1) is 0 Å². The number of hydrogen-bond acceptors (Lipinski definition) is 9. The van der Waals surface area contributed by atoms with E-state index in [1.54, 1.807) is 41.5 Å². The number of imide groups is 1. The maximum Gasteiger partial charge on any atom is 0.432 e. The quantitative estimate of drug-likeness (QED) is 0.176. The van der Waals surface area contributed by atoms with Crippen LogP contribution >= 0.6 is 0 Å². The summed E-state index contributed by atoms with van der Waals surface area (Å²) in [5, 5.41) is 8.48. The topological polar surface area (TPSA) is 169 Å². The first-order chi connectivity index (χ1) is 18.7. The molecule has 0 aromatic carbocycles. The molecule has 0 bridgehead atoms. The van der Waals surface area contributed by atoms with Gasteiger partial charge in [0, 0.05) is 31.8 Å². The first kappa shape index (κ1) is 35.6. The van der Waals surface area contributed by atoms with Gasteiger partial charge < -0.3 is 30.3 Å². The van der Waals surface area contributed by atoms with E-state index < -0.39 is 47.2 Å². The fourth-order valence-corrected chi connectivity index (χ4v) is 3.79. The van der Waals surface area contributed by atoms with E-state index in [9.17, 15) is 28.8 Å². The molecule has 1 rings (SSSR count). The molecule has 2 atom stereocenters. The second-order valence-electron chi connectivity index (χ2n) is 13.1. The molecule has 0 spiro atoms. The summed E-state index contributed by atoms with van der Waals surface area (Å²) >= 11 is 0. The van der Waals surface area contributed by atoms with E-state index in [4.69, 9.17) is 14.3 Å². The molecule has 0 aliphatic carbocycles. The van der Waals surface area contributed by atoms with Gasteiger partial charge in [-0.05, 0) is 72.6 Å². The summed E-state index contributed by atoms with van der Waals surface area (Å²) in [6.07, 6.45) is 0.588. The Bertz CT molecular complexity index is 945. The zero-order valence-electron chi connectivity index (χ0n) is 25.9. The molecule has 0 aromatic rings. The highest BCUT2D eigenvalue weighted by Gasteiger charge is 2.33. The predicted octanol–water partition coefficient (Wildman–Crippen LogP) is 3.49. The van der Waals surface area contributed by atoms with Crippen LogP contribution in [-0.2, 0) is 33.5 Å². The highest BCUT2D eigenvalue weighted by molar-refractivity contribution is 6.01. The maximum atomic E-state index is 13.0. The number of carbonyl (C=O) groups excluding carboxylic acids is 6. The van der Waals surface area contributed by atoms with Crippen LogP contribution in [0.15, 0.2) is 0 Å². The van der Waals surface area contributed by atoms with E-state index in [0.717, 1.165) is 0 Å². The molecule has 1 fully saturated rings. The van der Waals surface area contributed by atoms with Crippen molar-refractivity contribution in [1.82, 2.24) is 21.0 Å². The molecule has 0 unspecified atom stereocenters. The number of nitrogens with one attached hydrogen (secondary N) is 3. The molecule has 234 valence electrons. The van der Waals surface area contributed by atoms with Gasteiger partial charge >= 0.3 is 24.1 Å². The SMILES string of the molecule is CC(C)(C)OC(=O)CC[C@H](NC(=O)N[C@@H](CCCCNC(=O)ON1C(=O)CCC1=O)C(=O)OC(C)(C)C)C(C)(C)C. The molecule has 0 aromatic heterocycles. The zero-order chi connectivity index (χ0) is 31.6. The predicted molar refractivity (Wildman–Crippen MR) is 149 cm³/mol. The molecular weight excluding hydrogens is 536 g/mol. The van der Waals surface area contributed by atoms with Crippen LogP contribution < -0.4 is 16.0 Å². The molecule has 1 aliphatic rings. The largest absolute Gasteiger partial charge is 0.460 e. The number of amides is 5. The van der Waals surface area contributed by atoms with Gasteiger partial charge in [-0.2, -0.15) is 0 Å². The highest BCUT2D eigenvalue weighted by atomic mass is 16.7. The lowest BCUT2D eigenvalue weighted by atomic mass is 9.84. The number of unbranched alkanes of at least 4 members (excludes halogenated alkanes) is 1. The number of nitrogens with zero attached hydrogens (tertiary/aromatic N) is 1. The van der Waals surface area contributed by atoms with Crippen molar-refractivity contribution in [3.05, 3.63) is 0 Å². The highest BCUT2D eigenvalue weighted by Crippen LogP contribution is 2.24. The van der Waals surface area contributed by atoms with Crippen molar-refractivity contribution >= 4 is 35.9 Å². The molecule has 1 saturated heterocycles. The fourth-order valence-electron chi connectivity index (χ4n) is 3.79. The number of hydroxylamine groups is 2. The molecule has 1 aliphatic heterocycles. The monoisotopic (exact) mass is 584 g/mol. The average Bonchev–Trinajstić information content (AvgIpc) is 3.09. The van der Waals surface area contributed by atoms with Gasteiger partial charge in [0.2, 0.25) is 0 Å². The molecule has 41 heavy (non-hydrogen) atoms. The van der Waals surface area contributed by atoms with Crippen molar-refractivity contribution in [2.75, 3.05) is 6.54 Å². The van der Waals surface area contributed by atoms with Gasteiger partial charge in [0.25, 0.3) is 11.8 Å². The van der Waals surface area contributed by atoms with E-state index in [1.165, 1.54) is 0 Å². The molecule has 5 amide bonds. The van der Waals surface area contributed by atoms with Gasteiger partial charge in [-0.1, -0.05) is 20.8 Å². The number of urea groups is 1. The van der Waals surface area contributed by atoms with Crippen molar-refractivity contribution < 1.29 is 43.1 Å². The summed E-state index contributed by atoms with van der Waals surface area (Å²) in [6, 6.07) is -1.93. The molecule has 13 nitrogen and oxygen atoms in total. The van der Waals surface area contributed by atoms with Crippen LogP contribution in [0.1, 0.15) is 107 Å². The lowest BCUT2D eigenvalue weighted by molar-refractivity contribution is -0.171. The van der Waals surface area contributed by atoms with Crippen molar-refractivity contribution in [3.63, 3.8) is 0 Å². The summed E-state index contributed by atoms with van der Waals surface area (Å²) < 4.78 is 10.9. The number of ether oxygens (including phenoxy) is 2. The van der Waals surface area contributed by atoms with Gasteiger partial charge in [-0.25, -0.2) is 14.4 Å². The summed E-state index contributed by atoms with van der Waals surface area (Å²) in [6.45, 7) is 16.5. The molecule has 0 saturated carbocycles. The average molecular weight is 585 g/mol. The minimum atomic E-state index is -0.965. The Labute approximate surface area is 242 Å². The molecule has 3 N–H and O–H groups in total. The zero-order valence-corrected chi connectivity index (χ0v) is 25.9. The van der Waals surface area contributed by atoms with E-state index >= 15 is 0 Å². The second-order valence-corrected chi connectivity index (χ2v) is 13.1.